The highest BCUT2D eigenvalue weighted by molar-refractivity contribution is 5.94. The van der Waals surface area contributed by atoms with Gasteiger partial charge in [0, 0.05) is 12.6 Å². The number of unbranched alkanes of at least 4 members (excludes halogenated alkanes) is 1. The van der Waals surface area contributed by atoms with Gasteiger partial charge in [0.15, 0.2) is 5.82 Å². The zero-order chi connectivity index (χ0) is 12.7. The number of carbonyl (C=O) groups excluding carboxylic acids is 2. The number of hydrazine groups is 1. The first-order valence-corrected chi connectivity index (χ1v) is 5.45. The second-order valence-corrected chi connectivity index (χ2v) is 3.50. The van der Waals surface area contributed by atoms with Crippen LogP contribution in [0.3, 0.4) is 0 Å². The van der Waals surface area contributed by atoms with Crippen LogP contribution in [-0.4, -0.2) is 16.9 Å². The van der Waals surface area contributed by atoms with Crippen LogP contribution in [0.1, 0.15) is 26.2 Å². The number of urea groups is 1. The number of nitrogens with two attached hydrogens (primary N) is 1. The van der Waals surface area contributed by atoms with Crippen LogP contribution in [-0.2, 0) is 4.79 Å². The number of pyridine rings is 1. The standard InChI is InChI=1S/C11H16N4O2/c1-2-3-7-10(16)15(14-11(12)17)9-6-4-5-8-13-9/h4-6,8H,2-3,7H2,1H3,(H3,12,14,17). The van der Waals surface area contributed by atoms with Crippen LogP contribution in [0.4, 0.5) is 10.6 Å². The maximum Gasteiger partial charge on any atom is 0.331 e. The number of anilines is 1. The van der Waals surface area contributed by atoms with Gasteiger partial charge in [0.05, 0.1) is 0 Å². The molecule has 6 nitrogen and oxygen atoms in total. The summed E-state index contributed by atoms with van der Waals surface area (Å²) in [7, 11) is 0. The molecule has 3 N–H and O–H groups in total. The van der Waals surface area contributed by atoms with E-state index in [2.05, 4.69) is 10.4 Å². The van der Waals surface area contributed by atoms with Crippen molar-refractivity contribution < 1.29 is 9.59 Å². The summed E-state index contributed by atoms with van der Waals surface area (Å²) < 4.78 is 0. The lowest BCUT2D eigenvalue weighted by Crippen LogP contribution is -2.49. The SMILES string of the molecule is CCCCC(=O)N(NC(N)=O)c1ccccn1. The minimum absolute atomic E-state index is 0.232. The molecule has 0 aliphatic carbocycles. The molecule has 1 aromatic rings. The van der Waals surface area contributed by atoms with Crippen molar-refractivity contribution in [2.75, 3.05) is 5.01 Å². The van der Waals surface area contributed by atoms with Gasteiger partial charge in [-0.25, -0.2) is 20.2 Å². The topological polar surface area (TPSA) is 88.3 Å². The van der Waals surface area contributed by atoms with Gasteiger partial charge in [-0.3, -0.25) is 4.79 Å². The highest BCUT2D eigenvalue weighted by Crippen LogP contribution is 2.09. The van der Waals surface area contributed by atoms with E-state index in [4.69, 9.17) is 5.73 Å². The molecule has 0 aliphatic heterocycles. The van der Waals surface area contributed by atoms with Crippen molar-refractivity contribution >= 4 is 17.8 Å². The maximum absolute atomic E-state index is 11.9. The summed E-state index contributed by atoms with van der Waals surface area (Å²) in [6.07, 6.45) is 3.53. The zero-order valence-electron chi connectivity index (χ0n) is 9.72. The molecule has 1 aromatic heterocycles. The third-order valence-electron chi connectivity index (χ3n) is 2.09. The number of amides is 3. The molecule has 0 saturated heterocycles. The largest absolute Gasteiger partial charge is 0.350 e. The molecule has 0 unspecified atom stereocenters. The Morgan fingerprint density at radius 1 is 1.47 bits per heavy atom. The van der Waals surface area contributed by atoms with Gasteiger partial charge in [0.2, 0.25) is 5.91 Å². The average Bonchev–Trinajstić information content (AvgIpc) is 2.34. The van der Waals surface area contributed by atoms with Crippen molar-refractivity contribution in [2.45, 2.75) is 26.2 Å². The number of nitrogens with one attached hydrogen (secondary N) is 1. The lowest BCUT2D eigenvalue weighted by molar-refractivity contribution is -0.119. The number of primary amides is 1. The summed E-state index contributed by atoms with van der Waals surface area (Å²) in [5.74, 6) is 0.122. The third-order valence-corrected chi connectivity index (χ3v) is 2.09. The molecule has 0 aromatic carbocycles. The number of hydrogen-bond donors (Lipinski definition) is 2. The number of nitrogens with zero attached hydrogens (tertiary/aromatic N) is 2. The van der Waals surface area contributed by atoms with Crippen LogP contribution in [0.2, 0.25) is 0 Å². The van der Waals surface area contributed by atoms with Crippen LogP contribution in [0.5, 0.6) is 0 Å². The predicted molar refractivity (Wildman–Crippen MR) is 64.0 cm³/mol. The summed E-state index contributed by atoms with van der Waals surface area (Å²) in [4.78, 5) is 26.7. The second-order valence-electron chi connectivity index (χ2n) is 3.50. The van der Waals surface area contributed by atoms with E-state index < -0.39 is 6.03 Å². The molecular weight excluding hydrogens is 220 g/mol. The van der Waals surface area contributed by atoms with Crippen LogP contribution in [0.25, 0.3) is 0 Å². The quantitative estimate of drug-likeness (QED) is 0.769. The first kappa shape index (κ1) is 13.0. The van der Waals surface area contributed by atoms with Gasteiger partial charge in [0.25, 0.3) is 0 Å². The van der Waals surface area contributed by atoms with Gasteiger partial charge in [-0.1, -0.05) is 19.4 Å². The molecule has 0 fully saturated rings. The van der Waals surface area contributed by atoms with Crippen molar-refractivity contribution in [3.05, 3.63) is 24.4 Å². The van der Waals surface area contributed by atoms with Gasteiger partial charge in [-0.15, -0.1) is 0 Å². The number of carbonyl (C=O) groups is 2. The summed E-state index contributed by atoms with van der Waals surface area (Å²) in [5, 5.41) is 1.08. The molecule has 0 atom stereocenters. The molecular formula is C11H16N4O2. The van der Waals surface area contributed by atoms with E-state index in [1.54, 1.807) is 18.2 Å². The number of aromatic nitrogens is 1. The highest BCUT2D eigenvalue weighted by Gasteiger charge is 2.17. The van der Waals surface area contributed by atoms with E-state index in [0.717, 1.165) is 17.9 Å². The zero-order valence-corrected chi connectivity index (χ0v) is 9.72. The molecule has 0 saturated carbocycles. The van der Waals surface area contributed by atoms with Crippen molar-refractivity contribution in [1.82, 2.24) is 10.4 Å². The highest BCUT2D eigenvalue weighted by atomic mass is 16.2. The number of rotatable bonds is 4. The van der Waals surface area contributed by atoms with Gasteiger partial charge in [-0.05, 0) is 18.6 Å². The van der Waals surface area contributed by atoms with E-state index in [1.165, 1.54) is 6.20 Å². The molecule has 0 aliphatic rings. The first-order chi connectivity index (χ1) is 8.15. The fourth-order valence-corrected chi connectivity index (χ4v) is 1.28. The molecule has 1 heterocycles. The Morgan fingerprint density at radius 3 is 2.76 bits per heavy atom. The molecule has 3 amide bonds. The smallest absolute Gasteiger partial charge is 0.331 e. The van der Waals surface area contributed by atoms with Gasteiger partial charge < -0.3 is 5.73 Å². The maximum atomic E-state index is 11.9. The third kappa shape index (κ3) is 4.10. The lowest BCUT2D eigenvalue weighted by atomic mass is 10.2. The molecule has 92 valence electrons. The Balaban J connectivity index is 2.80. The van der Waals surface area contributed by atoms with E-state index in [-0.39, 0.29) is 5.91 Å². The second kappa shape index (κ2) is 6.47. The minimum Gasteiger partial charge on any atom is -0.350 e. The fraction of sp³-hybridized carbons (Fsp3) is 0.364. The number of hydrogen-bond acceptors (Lipinski definition) is 3. The Kier molecular flexibility index (Phi) is 4.93. The Labute approximate surface area is 99.8 Å². The van der Waals surface area contributed by atoms with E-state index in [1.807, 2.05) is 6.92 Å². The van der Waals surface area contributed by atoms with Crippen molar-refractivity contribution in [3.63, 3.8) is 0 Å². The Morgan fingerprint density at radius 2 is 2.24 bits per heavy atom. The first-order valence-electron chi connectivity index (χ1n) is 5.45. The minimum atomic E-state index is -0.791. The van der Waals surface area contributed by atoms with Gasteiger partial charge in [0.1, 0.15) is 0 Å². The Bertz CT molecular complexity index is 380. The monoisotopic (exact) mass is 236 g/mol. The summed E-state index contributed by atoms with van der Waals surface area (Å²) in [5.41, 5.74) is 7.29. The van der Waals surface area contributed by atoms with Crippen LogP contribution in [0, 0.1) is 0 Å². The molecule has 17 heavy (non-hydrogen) atoms. The van der Waals surface area contributed by atoms with Crippen molar-refractivity contribution in [1.29, 1.82) is 0 Å². The van der Waals surface area contributed by atoms with Gasteiger partial charge in [-0.2, -0.15) is 0 Å². The average molecular weight is 236 g/mol. The summed E-state index contributed by atoms with van der Waals surface area (Å²) >= 11 is 0. The normalized spacial score (nSPS) is 9.71. The van der Waals surface area contributed by atoms with Crippen molar-refractivity contribution in [3.8, 4) is 0 Å². The van der Waals surface area contributed by atoms with Crippen LogP contribution >= 0.6 is 0 Å². The van der Waals surface area contributed by atoms with E-state index >= 15 is 0 Å². The van der Waals surface area contributed by atoms with Crippen LogP contribution in [0.15, 0.2) is 24.4 Å². The molecule has 0 bridgehead atoms. The lowest BCUT2D eigenvalue weighted by Gasteiger charge is -2.20. The van der Waals surface area contributed by atoms with Gasteiger partial charge >= 0.3 is 6.03 Å². The molecule has 6 heteroatoms. The van der Waals surface area contributed by atoms with Crippen molar-refractivity contribution in [2.24, 2.45) is 5.73 Å². The fourth-order valence-electron chi connectivity index (χ4n) is 1.28. The van der Waals surface area contributed by atoms with E-state index in [0.29, 0.717) is 12.2 Å². The van der Waals surface area contributed by atoms with E-state index in [9.17, 15) is 9.59 Å². The molecule has 0 radical (unpaired) electrons. The summed E-state index contributed by atoms with van der Waals surface area (Å²) in [6.45, 7) is 1.99. The predicted octanol–water partition coefficient (Wildman–Crippen LogP) is 1.19. The van der Waals surface area contributed by atoms with Crippen LogP contribution < -0.4 is 16.2 Å². The molecule has 1 rings (SSSR count). The Hall–Kier alpha value is -2.11. The molecule has 0 spiro atoms. The summed E-state index contributed by atoms with van der Waals surface area (Å²) in [6, 6.07) is 4.29.